The molecule has 1 aliphatic carbocycles. The van der Waals surface area contributed by atoms with E-state index in [1.54, 1.807) is 0 Å². The molecule has 4 heteroatoms. The van der Waals surface area contributed by atoms with Gasteiger partial charge in [0, 0.05) is 43.1 Å². The van der Waals surface area contributed by atoms with E-state index in [0.717, 1.165) is 18.2 Å². The van der Waals surface area contributed by atoms with E-state index in [0.29, 0.717) is 12.1 Å². The van der Waals surface area contributed by atoms with Crippen molar-refractivity contribution in [2.45, 2.75) is 58.7 Å². The van der Waals surface area contributed by atoms with Crippen LogP contribution in [-0.2, 0) is 6.54 Å². The molecule has 2 rings (SSSR count). The van der Waals surface area contributed by atoms with Crippen LogP contribution in [0.4, 0.5) is 5.95 Å². The molecule has 0 saturated heterocycles. The van der Waals surface area contributed by atoms with Crippen LogP contribution in [0.3, 0.4) is 0 Å². The van der Waals surface area contributed by atoms with Gasteiger partial charge in [0.15, 0.2) is 0 Å². The number of aromatic nitrogens is 2. The Morgan fingerprint density at radius 1 is 1.44 bits per heavy atom. The smallest absolute Gasteiger partial charge is 0.225 e. The Hall–Kier alpha value is -1.16. The van der Waals surface area contributed by atoms with Crippen LogP contribution in [0.1, 0.15) is 44.4 Å². The first-order chi connectivity index (χ1) is 8.58. The zero-order valence-electron chi connectivity index (χ0n) is 11.9. The van der Waals surface area contributed by atoms with E-state index in [9.17, 15) is 0 Å². The second kappa shape index (κ2) is 5.65. The van der Waals surface area contributed by atoms with Crippen molar-refractivity contribution in [2.24, 2.45) is 0 Å². The fraction of sp³-hybridized carbons (Fsp3) is 0.714. The number of hydrogen-bond acceptors (Lipinski definition) is 4. The Morgan fingerprint density at radius 2 is 2.17 bits per heavy atom. The summed E-state index contributed by atoms with van der Waals surface area (Å²) in [6.07, 6.45) is 5.84. The largest absolute Gasteiger partial charge is 0.341 e. The summed E-state index contributed by atoms with van der Waals surface area (Å²) in [5.41, 5.74) is 2.27. The molecule has 1 fully saturated rings. The first-order valence-electron chi connectivity index (χ1n) is 6.86. The molecule has 1 saturated carbocycles. The molecule has 1 N–H and O–H groups in total. The molecule has 0 aromatic carbocycles. The molecule has 1 heterocycles. The topological polar surface area (TPSA) is 41.1 Å². The van der Waals surface area contributed by atoms with Crippen LogP contribution in [0, 0.1) is 6.92 Å². The van der Waals surface area contributed by atoms with Crippen molar-refractivity contribution in [2.75, 3.05) is 11.9 Å². The minimum absolute atomic E-state index is 0.488. The van der Waals surface area contributed by atoms with Crippen LogP contribution >= 0.6 is 0 Å². The SMILES string of the molecule is Cc1nc(N(C)C2CCC2)ncc1CNC(C)C. The molecule has 0 amide bonds. The maximum absolute atomic E-state index is 4.63. The van der Waals surface area contributed by atoms with Crippen molar-refractivity contribution < 1.29 is 0 Å². The van der Waals surface area contributed by atoms with Gasteiger partial charge in [0.1, 0.15) is 0 Å². The summed E-state index contributed by atoms with van der Waals surface area (Å²) < 4.78 is 0. The lowest BCUT2D eigenvalue weighted by molar-refractivity contribution is 0.397. The van der Waals surface area contributed by atoms with E-state index in [4.69, 9.17) is 0 Å². The maximum Gasteiger partial charge on any atom is 0.225 e. The average molecular weight is 248 g/mol. The van der Waals surface area contributed by atoms with Crippen LogP contribution in [0.2, 0.25) is 0 Å². The normalized spacial score (nSPS) is 15.8. The standard InChI is InChI=1S/C14H24N4/c1-10(2)15-8-12-9-16-14(17-11(12)3)18(4)13-6-5-7-13/h9-10,13,15H,5-8H2,1-4H3. The van der Waals surface area contributed by atoms with Crippen molar-refractivity contribution in [1.29, 1.82) is 0 Å². The third-order valence-corrected chi connectivity index (χ3v) is 3.71. The molecule has 1 aromatic heterocycles. The number of aryl methyl sites for hydroxylation is 1. The minimum atomic E-state index is 0.488. The molecule has 0 bridgehead atoms. The van der Waals surface area contributed by atoms with Crippen LogP contribution in [-0.4, -0.2) is 29.1 Å². The third kappa shape index (κ3) is 2.99. The summed E-state index contributed by atoms with van der Waals surface area (Å²) >= 11 is 0. The van der Waals surface area contributed by atoms with E-state index in [1.807, 2.05) is 6.20 Å². The second-order valence-electron chi connectivity index (χ2n) is 5.51. The number of rotatable bonds is 5. The van der Waals surface area contributed by atoms with Crippen LogP contribution in [0.25, 0.3) is 0 Å². The molecule has 100 valence electrons. The number of hydrogen-bond donors (Lipinski definition) is 1. The molecular formula is C14H24N4. The first kappa shape index (κ1) is 13.3. The van der Waals surface area contributed by atoms with E-state index >= 15 is 0 Å². The quantitative estimate of drug-likeness (QED) is 0.868. The predicted octanol–water partition coefficient (Wildman–Crippen LogP) is 2.27. The fourth-order valence-corrected chi connectivity index (χ4v) is 2.07. The zero-order chi connectivity index (χ0) is 13.1. The average Bonchev–Trinajstić information content (AvgIpc) is 2.24. The van der Waals surface area contributed by atoms with Crippen LogP contribution in [0.5, 0.6) is 0 Å². The summed E-state index contributed by atoms with van der Waals surface area (Å²) in [5.74, 6) is 0.866. The maximum atomic E-state index is 4.63. The third-order valence-electron chi connectivity index (χ3n) is 3.71. The van der Waals surface area contributed by atoms with E-state index in [-0.39, 0.29) is 0 Å². The van der Waals surface area contributed by atoms with Gasteiger partial charge < -0.3 is 10.2 Å². The Morgan fingerprint density at radius 3 is 2.67 bits per heavy atom. The molecule has 0 radical (unpaired) electrons. The van der Waals surface area contributed by atoms with E-state index in [2.05, 4.69) is 48.0 Å². The predicted molar refractivity (Wildman–Crippen MR) is 74.8 cm³/mol. The Labute approximate surface area is 110 Å². The number of nitrogens with zero attached hydrogens (tertiary/aromatic N) is 3. The molecule has 1 aliphatic rings. The Balaban J connectivity index is 2.04. The fourth-order valence-electron chi connectivity index (χ4n) is 2.07. The minimum Gasteiger partial charge on any atom is -0.341 e. The monoisotopic (exact) mass is 248 g/mol. The van der Waals surface area contributed by atoms with Crippen LogP contribution in [0.15, 0.2) is 6.20 Å². The van der Waals surface area contributed by atoms with Crippen molar-refractivity contribution in [3.05, 3.63) is 17.5 Å². The zero-order valence-corrected chi connectivity index (χ0v) is 11.9. The summed E-state index contributed by atoms with van der Waals surface area (Å²) in [4.78, 5) is 11.3. The van der Waals surface area contributed by atoms with Crippen molar-refractivity contribution >= 4 is 5.95 Å². The highest BCUT2D eigenvalue weighted by Gasteiger charge is 2.23. The highest BCUT2D eigenvalue weighted by atomic mass is 15.3. The molecule has 0 aliphatic heterocycles. The van der Waals surface area contributed by atoms with Crippen molar-refractivity contribution in [1.82, 2.24) is 15.3 Å². The van der Waals surface area contributed by atoms with Gasteiger partial charge in [-0.15, -0.1) is 0 Å². The van der Waals surface area contributed by atoms with Gasteiger partial charge in [-0.25, -0.2) is 9.97 Å². The summed E-state index contributed by atoms with van der Waals surface area (Å²) in [6, 6.07) is 1.13. The summed E-state index contributed by atoms with van der Waals surface area (Å²) in [5, 5.41) is 3.40. The Kier molecular flexibility index (Phi) is 4.17. The van der Waals surface area contributed by atoms with Gasteiger partial charge in [0.2, 0.25) is 5.95 Å². The summed E-state index contributed by atoms with van der Waals surface area (Å²) in [7, 11) is 2.10. The molecule has 0 unspecified atom stereocenters. The molecule has 18 heavy (non-hydrogen) atoms. The van der Waals surface area contributed by atoms with E-state index in [1.165, 1.54) is 24.8 Å². The second-order valence-corrected chi connectivity index (χ2v) is 5.51. The summed E-state index contributed by atoms with van der Waals surface area (Å²) in [6.45, 7) is 7.21. The van der Waals surface area contributed by atoms with Crippen molar-refractivity contribution in [3.63, 3.8) is 0 Å². The van der Waals surface area contributed by atoms with Gasteiger partial charge in [0.25, 0.3) is 0 Å². The van der Waals surface area contributed by atoms with Gasteiger partial charge in [0.05, 0.1) is 0 Å². The molecule has 4 nitrogen and oxygen atoms in total. The van der Waals surface area contributed by atoms with Gasteiger partial charge in [-0.2, -0.15) is 0 Å². The van der Waals surface area contributed by atoms with Gasteiger partial charge >= 0.3 is 0 Å². The van der Waals surface area contributed by atoms with Gasteiger partial charge in [-0.1, -0.05) is 13.8 Å². The van der Waals surface area contributed by atoms with Gasteiger partial charge in [-0.05, 0) is 26.2 Å². The lowest BCUT2D eigenvalue weighted by Gasteiger charge is -2.34. The number of nitrogens with one attached hydrogen (secondary N) is 1. The lowest BCUT2D eigenvalue weighted by Crippen LogP contribution is -2.38. The highest BCUT2D eigenvalue weighted by molar-refractivity contribution is 5.34. The molecule has 0 atom stereocenters. The number of anilines is 1. The molecular weight excluding hydrogens is 224 g/mol. The highest BCUT2D eigenvalue weighted by Crippen LogP contribution is 2.26. The Bertz CT molecular complexity index is 399. The van der Waals surface area contributed by atoms with Crippen molar-refractivity contribution in [3.8, 4) is 0 Å². The van der Waals surface area contributed by atoms with E-state index < -0.39 is 0 Å². The lowest BCUT2D eigenvalue weighted by atomic mass is 9.92. The molecule has 0 spiro atoms. The van der Waals surface area contributed by atoms with Crippen LogP contribution < -0.4 is 10.2 Å². The molecule has 1 aromatic rings. The first-order valence-corrected chi connectivity index (χ1v) is 6.86. The van der Waals surface area contributed by atoms with Gasteiger partial charge in [-0.3, -0.25) is 0 Å².